The highest BCUT2D eigenvalue weighted by Crippen LogP contribution is 2.35. The molecule has 0 aliphatic heterocycles. The zero-order valence-corrected chi connectivity index (χ0v) is 13.9. The van der Waals surface area contributed by atoms with Gasteiger partial charge in [0.2, 0.25) is 0 Å². The molecule has 0 saturated heterocycles. The zero-order valence-electron chi connectivity index (χ0n) is 11.7. The van der Waals surface area contributed by atoms with Crippen molar-refractivity contribution in [1.82, 2.24) is 0 Å². The Bertz CT molecular complexity index is 813. The van der Waals surface area contributed by atoms with Gasteiger partial charge in [-0.15, -0.1) is 0 Å². The largest absolute Gasteiger partial charge is 0.507 e. The number of carbonyl (C=O) groups excluding carboxylic acids is 1. The van der Waals surface area contributed by atoms with Crippen molar-refractivity contribution in [2.24, 2.45) is 0 Å². The van der Waals surface area contributed by atoms with E-state index in [2.05, 4.69) is 0 Å². The van der Waals surface area contributed by atoms with Crippen molar-refractivity contribution < 1.29 is 23.1 Å². The molecule has 0 fully saturated rings. The number of aliphatic hydroxyl groups is 1. The molecule has 0 bridgehead atoms. The van der Waals surface area contributed by atoms with E-state index in [9.17, 15) is 23.1 Å². The van der Waals surface area contributed by atoms with E-state index in [-0.39, 0.29) is 16.7 Å². The van der Waals surface area contributed by atoms with E-state index in [0.29, 0.717) is 21.2 Å². The Morgan fingerprint density at radius 2 is 1.50 bits per heavy atom. The van der Waals surface area contributed by atoms with Crippen LogP contribution in [0.4, 0.5) is 13.2 Å². The van der Waals surface area contributed by atoms with Crippen molar-refractivity contribution in [2.75, 3.05) is 0 Å². The molecule has 0 spiro atoms. The van der Waals surface area contributed by atoms with E-state index < -0.39 is 17.7 Å². The minimum absolute atomic E-state index is 0.0486. The monoisotopic (exact) mass is 394 g/mol. The van der Waals surface area contributed by atoms with Crippen molar-refractivity contribution in [3.05, 3.63) is 63.1 Å². The van der Waals surface area contributed by atoms with Crippen LogP contribution in [0.3, 0.4) is 0 Å². The van der Waals surface area contributed by atoms with E-state index in [4.69, 9.17) is 34.8 Å². The number of hydrogen-bond acceptors (Lipinski definition) is 2. The Labute approximate surface area is 150 Å². The molecule has 2 nitrogen and oxygen atoms in total. The van der Waals surface area contributed by atoms with Gasteiger partial charge in [-0.25, -0.2) is 0 Å². The lowest BCUT2D eigenvalue weighted by atomic mass is 10.0. The SMILES string of the molecule is O=C(C=C(O)c1ccc(-c2cc(Cl)c(Cl)cc2Cl)cc1)C(F)(F)F. The number of benzene rings is 2. The van der Waals surface area contributed by atoms with E-state index in [0.717, 1.165) is 0 Å². The van der Waals surface area contributed by atoms with Crippen molar-refractivity contribution in [2.45, 2.75) is 6.18 Å². The van der Waals surface area contributed by atoms with Crippen LogP contribution in [0.25, 0.3) is 16.9 Å². The standard InChI is InChI=1S/C16H8Cl3F3O2/c17-11-6-13(19)12(18)5-10(11)8-1-3-9(4-2-8)14(23)7-15(24)16(20,21)22/h1-7,23H. The lowest BCUT2D eigenvalue weighted by Gasteiger charge is -2.08. The second-order valence-corrected chi connectivity index (χ2v) is 5.94. The molecule has 0 atom stereocenters. The summed E-state index contributed by atoms with van der Waals surface area (Å²) in [5, 5.41) is 10.5. The molecule has 2 aromatic carbocycles. The lowest BCUT2D eigenvalue weighted by molar-refractivity contribution is -0.165. The van der Waals surface area contributed by atoms with Crippen molar-refractivity contribution in [1.29, 1.82) is 0 Å². The summed E-state index contributed by atoms with van der Waals surface area (Å²) in [5.41, 5.74) is 1.22. The summed E-state index contributed by atoms with van der Waals surface area (Å²) in [6.07, 6.45) is -4.91. The number of alkyl halides is 3. The molecule has 2 rings (SSSR count). The molecule has 0 radical (unpaired) electrons. The summed E-state index contributed by atoms with van der Waals surface area (Å²) >= 11 is 17.9. The fraction of sp³-hybridized carbons (Fsp3) is 0.0625. The summed E-state index contributed by atoms with van der Waals surface area (Å²) in [4.78, 5) is 10.8. The molecule has 2 aromatic rings. The molecule has 24 heavy (non-hydrogen) atoms. The molecule has 0 aromatic heterocycles. The van der Waals surface area contributed by atoms with Crippen LogP contribution < -0.4 is 0 Å². The molecule has 0 amide bonds. The smallest absolute Gasteiger partial charge is 0.454 e. The van der Waals surface area contributed by atoms with Gasteiger partial charge in [0.15, 0.2) is 0 Å². The van der Waals surface area contributed by atoms with Crippen molar-refractivity contribution >= 4 is 46.3 Å². The first-order valence-corrected chi connectivity index (χ1v) is 7.50. The van der Waals surface area contributed by atoms with Gasteiger partial charge >= 0.3 is 6.18 Å². The minimum atomic E-state index is -5.04. The Balaban J connectivity index is 2.33. The highest BCUT2D eigenvalue weighted by atomic mass is 35.5. The summed E-state index contributed by atoms with van der Waals surface area (Å²) in [6, 6.07) is 8.75. The lowest BCUT2D eigenvalue weighted by Crippen LogP contribution is -2.20. The third-order valence-electron chi connectivity index (χ3n) is 3.05. The molecule has 0 aliphatic rings. The van der Waals surface area contributed by atoms with E-state index in [1.165, 1.54) is 30.3 Å². The van der Waals surface area contributed by atoms with Crippen LogP contribution in [-0.4, -0.2) is 17.1 Å². The fourth-order valence-corrected chi connectivity index (χ4v) is 2.51. The van der Waals surface area contributed by atoms with Gasteiger partial charge < -0.3 is 5.11 Å². The van der Waals surface area contributed by atoms with Crippen LogP contribution in [0, 0.1) is 0 Å². The molecule has 0 saturated carbocycles. The molecule has 0 heterocycles. The van der Waals surface area contributed by atoms with Crippen molar-refractivity contribution in [3.8, 4) is 11.1 Å². The number of rotatable bonds is 3. The summed E-state index contributed by atoms with van der Waals surface area (Å²) in [7, 11) is 0. The van der Waals surface area contributed by atoms with Crippen molar-refractivity contribution in [3.63, 3.8) is 0 Å². The molecular weight excluding hydrogens is 388 g/mol. The number of carbonyl (C=O) groups is 1. The van der Waals surface area contributed by atoms with Gasteiger partial charge in [0, 0.05) is 22.2 Å². The molecule has 0 unspecified atom stereocenters. The maximum atomic E-state index is 12.2. The minimum Gasteiger partial charge on any atom is -0.507 e. The van der Waals surface area contributed by atoms with E-state index in [1.54, 1.807) is 6.07 Å². The molecular formula is C16H8Cl3F3O2. The molecule has 8 heteroatoms. The molecule has 1 N–H and O–H groups in total. The number of ketones is 1. The van der Waals surface area contributed by atoms with Gasteiger partial charge in [-0.05, 0) is 17.7 Å². The first-order chi connectivity index (χ1) is 11.1. The third-order valence-corrected chi connectivity index (χ3v) is 4.08. The highest BCUT2D eigenvalue weighted by molar-refractivity contribution is 6.44. The van der Waals surface area contributed by atoms with Gasteiger partial charge in [-0.2, -0.15) is 13.2 Å². The highest BCUT2D eigenvalue weighted by Gasteiger charge is 2.37. The van der Waals surface area contributed by atoms with Gasteiger partial charge in [-0.3, -0.25) is 4.79 Å². The topological polar surface area (TPSA) is 37.3 Å². The zero-order chi connectivity index (χ0) is 18.1. The quantitative estimate of drug-likeness (QED) is 0.374. The predicted molar refractivity (Wildman–Crippen MR) is 88.6 cm³/mol. The first-order valence-electron chi connectivity index (χ1n) is 6.37. The Hall–Kier alpha value is -1.69. The molecule has 0 aliphatic carbocycles. The number of allylic oxidation sites excluding steroid dienone is 1. The normalized spacial score (nSPS) is 12.3. The first kappa shape index (κ1) is 18.6. The summed E-state index contributed by atoms with van der Waals surface area (Å²) < 4.78 is 36.5. The Morgan fingerprint density at radius 3 is 2.04 bits per heavy atom. The number of halogens is 6. The Kier molecular flexibility index (Phi) is 5.48. The van der Waals surface area contributed by atoms with Crippen LogP contribution in [0.5, 0.6) is 0 Å². The van der Waals surface area contributed by atoms with E-state index >= 15 is 0 Å². The van der Waals surface area contributed by atoms with Gasteiger partial charge in [0.05, 0.1) is 10.0 Å². The van der Waals surface area contributed by atoms with Gasteiger partial charge in [0.25, 0.3) is 5.78 Å². The average Bonchev–Trinajstić information content (AvgIpc) is 2.50. The van der Waals surface area contributed by atoms with Crippen LogP contribution in [0.15, 0.2) is 42.5 Å². The molecule has 126 valence electrons. The maximum absolute atomic E-state index is 12.2. The maximum Gasteiger partial charge on any atom is 0.454 e. The number of hydrogen-bond donors (Lipinski definition) is 1. The average molecular weight is 396 g/mol. The second-order valence-electron chi connectivity index (χ2n) is 4.72. The Morgan fingerprint density at radius 1 is 0.958 bits per heavy atom. The van der Waals surface area contributed by atoms with Crippen LogP contribution in [-0.2, 0) is 4.79 Å². The van der Waals surface area contributed by atoms with Crippen LogP contribution >= 0.6 is 34.8 Å². The van der Waals surface area contributed by atoms with Crippen LogP contribution in [0.2, 0.25) is 15.1 Å². The fourth-order valence-electron chi connectivity index (χ4n) is 1.85. The van der Waals surface area contributed by atoms with E-state index in [1.807, 2.05) is 0 Å². The van der Waals surface area contributed by atoms with Gasteiger partial charge in [0.1, 0.15) is 5.76 Å². The second kappa shape index (κ2) is 7.05. The van der Waals surface area contributed by atoms with Gasteiger partial charge in [-0.1, -0.05) is 59.1 Å². The summed E-state index contributed by atoms with van der Waals surface area (Å²) in [5.74, 6) is -2.93. The predicted octanol–water partition coefficient (Wildman–Crippen LogP) is 6.34. The third kappa shape index (κ3) is 4.23. The number of aliphatic hydroxyl groups excluding tert-OH is 1. The van der Waals surface area contributed by atoms with Crippen LogP contribution in [0.1, 0.15) is 5.56 Å². The summed E-state index contributed by atoms with van der Waals surface area (Å²) in [6.45, 7) is 0.